The molecule has 0 aliphatic heterocycles. The van der Waals surface area contributed by atoms with Crippen LogP contribution in [0, 0.1) is 0 Å². The van der Waals surface area contributed by atoms with Crippen molar-refractivity contribution in [2.24, 2.45) is 0 Å². The minimum absolute atomic E-state index is 0.0563. The lowest BCUT2D eigenvalue weighted by atomic mass is 10.2. The molecule has 7 heteroatoms. The summed E-state index contributed by atoms with van der Waals surface area (Å²) in [4.78, 5) is 24.2. The Morgan fingerprint density at radius 2 is 1.95 bits per heavy atom. The van der Waals surface area contributed by atoms with E-state index in [1.807, 2.05) is 7.05 Å². The minimum Gasteiger partial charge on any atom is -0.480 e. The number of likely N-dealkylation sites (N-methyl/N-ethyl adjacent to an activating group) is 1. The van der Waals surface area contributed by atoms with Crippen molar-refractivity contribution >= 4 is 11.9 Å². The predicted molar refractivity (Wildman–Crippen MR) is 76.2 cm³/mol. The molecule has 1 amide bonds. The smallest absolute Gasteiger partial charge is 0.325 e. The third kappa shape index (κ3) is 5.80. The third-order valence-corrected chi connectivity index (χ3v) is 2.77. The summed E-state index contributed by atoms with van der Waals surface area (Å²) in [6.07, 6.45) is 0. The third-order valence-electron chi connectivity index (χ3n) is 2.77. The zero-order valence-electron chi connectivity index (χ0n) is 12.1. The van der Waals surface area contributed by atoms with E-state index in [0.717, 1.165) is 0 Å². The summed E-state index contributed by atoms with van der Waals surface area (Å²) in [5.41, 5.74) is 0.360. The Hall–Kier alpha value is -2.12. The molecule has 1 unspecified atom stereocenters. The van der Waals surface area contributed by atoms with Crippen LogP contribution in [0.2, 0.25) is 0 Å². The number of hydrogen-bond donors (Lipinski definition) is 3. The van der Waals surface area contributed by atoms with Crippen molar-refractivity contribution in [3.8, 4) is 5.75 Å². The van der Waals surface area contributed by atoms with Gasteiger partial charge in [0.2, 0.25) is 0 Å². The molecule has 1 aromatic rings. The second-order valence-corrected chi connectivity index (χ2v) is 4.63. The Morgan fingerprint density at radius 1 is 1.33 bits per heavy atom. The number of benzene rings is 1. The summed E-state index contributed by atoms with van der Waals surface area (Å²) in [5.74, 6) is -0.952. The van der Waals surface area contributed by atoms with Crippen molar-refractivity contribution in [3.05, 3.63) is 29.8 Å². The number of aliphatic hydroxyl groups excluding tert-OH is 1. The fourth-order valence-electron chi connectivity index (χ4n) is 1.46. The standard InChI is InChI=1S/C14H20N2O5/c1-10(14(19)20)15-13(18)11-3-5-12(6-4-11)21-9-16(2)7-8-17/h3-6,10,17H,7-9H2,1-2H3,(H,15,18)(H,19,20). The largest absolute Gasteiger partial charge is 0.480 e. The highest BCUT2D eigenvalue weighted by atomic mass is 16.5. The molecular weight excluding hydrogens is 276 g/mol. The van der Waals surface area contributed by atoms with E-state index >= 15 is 0 Å². The Labute approximate surface area is 123 Å². The van der Waals surface area contributed by atoms with Crippen LogP contribution in [0.5, 0.6) is 5.75 Å². The average molecular weight is 296 g/mol. The molecule has 1 aromatic carbocycles. The highest BCUT2D eigenvalue weighted by Crippen LogP contribution is 2.12. The van der Waals surface area contributed by atoms with Gasteiger partial charge in [-0.15, -0.1) is 0 Å². The highest BCUT2D eigenvalue weighted by molar-refractivity contribution is 5.96. The number of carboxylic acid groups (broad SMARTS) is 1. The Morgan fingerprint density at radius 3 is 2.48 bits per heavy atom. The maximum atomic E-state index is 11.8. The number of carbonyl (C=O) groups excluding carboxylic acids is 1. The molecule has 0 fully saturated rings. The Bertz CT molecular complexity index is 475. The number of nitrogens with one attached hydrogen (secondary N) is 1. The molecule has 21 heavy (non-hydrogen) atoms. The number of carbonyl (C=O) groups is 2. The monoisotopic (exact) mass is 296 g/mol. The Kier molecular flexibility index (Phi) is 6.64. The first kappa shape index (κ1) is 16.9. The lowest BCUT2D eigenvalue weighted by molar-refractivity contribution is -0.138. The van der Waals surface area contributed by atoms with E-state index in [2.05, 4.69) is 5.32 Å². The molecule has 0 radical (unpaired) electrons. The topological polar surface area (TPSA) is 99.1 Å². The maximum Gasteiger partial charge on any atom is 0.325 e. The van der Waals surface area contributed by atoms with Gasteiger partial charge in [-0.05, 0) is 38.2 Å². The molecule has 7 nitrogen and oxygen atoms in total. The number of ether oxygens (including phenoxy) is 1. The highest BCUT2D eigenvalue weighted by Gasteiger charge is 2.15. The molecule has 0 aliphatic rings. The quantitative estimate of drug-likeness (QED) is 0.591. The van der Waals surface area contributed by atoms with Crippen LogP contribution < -0.4 is 10.1 Å². The van der Waals surface area contributed by atoms with Gasteiger partial charge in [-0.1, -0.05) is 0 Å². The summed E-state index contributed by atoms with van der Waals surface area (Å²) >= 11 is 0. The van der Waals surface area contributed by atoms with E-state index < -0.39 is 17.9 Å². The van der Waals surface area contributed by atoms with Gasteiger partial charge in [0.15, 0.2) is 0 Å². The number of aliphatic carboxylic acids is 1. The van der Waals surface area contributed by atoms with E-state index in [9.17, 15) is 9.59 Å². The fraction of sp³-hybridized carbons (Fsp3) is 0.429. The molecule has 0 aliphatic carbocycles. The van der Waals surface area contributed by atoms with Crippen molar-refractivity contribution < 1.29 is 24.5 Å². The summed E-state index contributed by atoms with van der Waals surface area (Å²) in [6.45, 7) is 2.28. The van der Waals surface area contributed by atoms with Crippen LogP contribution in [0.3, 0.4) is 0 Å². The molecule has 3 N–H and O–H groups in total. The van der Waals surface area contributed by atoms with Crippen LogP contribution in [0.4, 0.5) is 0 Å². The number of amides is 1. The molecule has 1 rings (SSSR count). The average Bonchev–Trinajstić information content (AvgIpc) is 2.45. The number of aliphatic hydroxyl groups is 1. The zero-order chi connectivity index (χ0) is 15.8. The van der Waals surface area contributed by atoms with Gasteiger partial charge in [-0.25, -0.2) is 0 Å². The van der Waals surface area contributed by atoms with Crippen LogP contribution in [0.1, 0.15) is 17.3 Å². The molecule has 0 spiro atoms. The van der Waals surface area contributed by atoms with Gasteiger partial charge in [-0.3, -0.25) is 14.5 Å². The molecule has 0 bridgehead atoms. The fourth-order valence-corrected chi connectivity index (χ4v) is 1.46. The molecule has 1 atom stereocenters. The molecule has 0 heterocycles. The van der Waals surface area contributed by atoms with Crippen molar-refractivity contribution in [1.82, 2.24) is 10.2 Å². The van der Waals surface area contributed by atoms with Gasteiger partial charge in [0.25, 0.3) is 5.91 Å². The number of rotatable bonds is 8. The van der Waals surface area contributed by atoms with Gasteiger partial charge < -0.3 is 20.3 Å². The van der Waals surface area contributed by atoms with E-state index in [-0.39, 0.29) is 6.61 Å². The Balaban J connectivity index is 2.53. The summed E-state index contributed by atoms with van der Waals surface area (Å²) < 4.78 is 5.46. The second kappa shape index (κ2) is 8.23. The van der Waals surface area contributed by atoms with Crippen LogP contribution in [-0.4, -0.2) is 60.0 Å². The van der Waals surface area contributed by atoms with Crippen LogP contribution in [0.15, 0.2) is 24.3 Å². The first-order valence-corrected chi connectivity index (χ1v) is 6.50. The van der Waals surface area contributed by atoms with E-state index in [4.69, 9.17) is 14.9 Å². The second-order valence-electron chi connectivity index (χ2n) is 4.63. The van der Waals surface area contributed by atoms with Gasteiger partial charge in [-0.2, -0.15) is 0 Å². The van der Waals surface area contributed by atoms with Gasteiger partial charge in [0.05, 0.1) is 6.61 Å². The van der Waals surface area contributed by atoms with E-state index in [0.29, 0.717) is 24.6 Å². The lowest BCUT2D eigenvalue weighted by Crippen LogP contribution is -2.38. The SMILES string of the molecule is CC(NC(=O)c1ccc(OCN(C)CCO)cc1)C(=O)O. The molecule has 116 valence electrons. The zero-order valence-corrected chi connectivity index (χ0v) is 12.1. The molecule has 0 saturated carbocycles. The molecular formula is C14H20N2O5. The minimum atomic E-state index is -1.09. The van der Waals surface area contributed by atoms with Crippen molar-refractivity contribution in [2.45, 2.75) is 13.0 Å². The van der Waals surface area contributed by atoms with Crippen LogP contribution in [0.25, 0.3) is 0 Å². The molecule has 0 saturated heterocycles. The van der Waals surface area contributed by atoms with Crippen molar-refractivity contribution in [3.63, 3.8) is 0 Å². The van der Waals surface area contributed by atoms with E-state index in [1.54, 1.807) is 29.2 Å². The van der Waals surface area contributed by atoms with Crippen molar-refractivity contribution in [2.75, 3.05) is 26.9 Å². The van der Waals surface area contributed by atoms with E-state index in [1.165, 1.54) is 6.92 Å². The summed E-state index contributed by atoms with van der Waals surface area (Å²) in [6, 6.07) is 5.44. The first-order chi connectivity index (χ1) is 9.93. The first-order valence-electron chi connectivity index (χ1n) is 6.50. The molecule has 0 aromatic heterocycles. The normalized spacial score (nSPS) is 12.0. The van der Waals surface area contributed by atoms with Crippen LogP contribution in [-0.2, 0) is 4.79 Å². The van der Waals surface area contributed by atoms with Gasteiger partial charge in [0.1, 0.15) is 18.5 Å². The summed E-state index contributed by atoms with van der Waals surface area (Å²) in [7, 11) is 1.81. The van der Waals surface area contributed by atoms with Gasteiger partial charge in [0, 0.05) is 12.1 Å². The number of carboxylic acids is 1. The van der Waals surface area contributed by atoms with Crippen LogP contribution >= 0.6 is 0 Å². The maximum absolute atomic E-state index is 11.8. The number of nitrogens with zero attached hydrogens (tertiary/aromatic N) is 1. The summed E-state index contributed by atoms with van der Waals surface area (Å²) in [5, 5.41) is 19.9. The van der Waals surface area contributed by atoms with Gasteiger partial charge >= 0.3 is 5.97 Å². The number of hydrogen-bond acceptors (Lipinski definition) is 5. The van der Waals surface area contributed by atoms with Crippen molar-refractivity contribution in [1.29, 1.82) is 0 Å². The lowest BCUT2D eigenvalue weighted by Gasteiger charge is -2.16. The predicted octanol–water partition coefficient (Wildman–Crippen LogP) is 0.150.